The van der Waals surface area contributed by atoms with Gasteiger partial charge in [-0.15, -0.1) is 0 Å². The molecule has 0 aromatic rings. The van der Waals surface area contributed by atoms with Gasteiger partial charge in [-0.25, -0.2) is 8.98 Å². The van der Waals surface area contributed by atoms with Gasteiger partial charge in [0.15, 0.2) is 5.44 Å². The number of hydrogen-bond acceptors (Lipinski definition) is 6. The van der Waals surface area contributed by atoms with Crippen LogP contribution in [0.2, 0.25) is 0 Å². The quantitative estimate of drug-likeness (QED) is 0.133. The molecule has 6 nitrogen and oxygen atoms in total. The van der Waals surface area contributed by atoms with Crippen LogP contribution in [0.5, 0.6) is 0 Å². The number of rotatable bonds is 12. The monoisotopic (exact) mass is 360 g/mol. The van der Waals surface area contributed by atoms with Crippen LogP contribution in [-0.2, 0) is 28.6 Å². The average Bonchev–Trinajstić information content (AvgIpc) is 2.45. The fraction of sp³-hybridized carbons (Fsp3) is 0.800. The predicted octanol–water partition coefficient (Wildman–Crippen LogP) is 2.48. The van der Waals surface area contributed by atoms with E-state index in [-0.39, 0.29) is 48.0 Å². The number of unbranched alkanes of at least 4 members (excludes halogenated alkanes) is 2. The van der Waals surface area contributed by atoms with E-state index >= 15 is 0 Å². The molecule has 2 atom stereocenters. The van der Waals surface area contributed by atoms with Crippen LogP contribution in [0.25, 0.3) is 0 Å². The minimum atomic E-state index is -3.97. The molecule has 0 aromatic heterocycles. The van der Waals surface area contributed by atoms with Gasteiger partial charge in [0.25, 0.3) is 10.1 Å². The van der Waals surface area contributed by atoms with Gasteiger partial charge in [0, 0.05) is 18.6 Å². The van der Waals surface area contributed by atoms with Gasteiger partial charge >= 0.3 is 35.5 Å². The van der Waals surface area contributed by atoms with Gasteiger partial charge in [0.1, 0.15) is 0 Å². The Morgan fingerprint density at radius 3 is 2.17 bits per heavy atom. The second-order valence-corrected chi connectivity index (χ2v) is 6.73. The Hall–Kier alpha value is 0.0800. The molecule has 0 rings (SSSR count). The zero-order valence-electron chi connectivity index (χ0n) is 14.0. The molecular formula is C15H29NaO6S. The molecule has 0 saturated carbocycles. The Labute approximate surface area is 162 Å². The van der Waals surface area contributed by atoms with Crippen molar-refractivity contribution in [2.45, 2.75) is 71.5 Å². The Kier molecular flexibility index (Phi) is 14.7. The zero-order chi connectivity index (χ0) is 17.2. The summed E-state index contributed by atoms with van der Waals surface area (Å²) in [6, 6.07) is 0. The Morgan fingerprint density at radius 2 is 1.74 bits per heavy atom. The minimum absolute atomic E-state index is 0. The van der Waals surface area contributed by atoms with Crippen LogP contribution in [0, 0.1) is 0 Å². The van der Waals surface area contributed by atoms with Crippen molar-refractivity contribution in [3.8, 4) is 0 Å². The van der Waals surface area contributed by atoms with E-state index in [1.807, 2.05) is 0 Å². The molecule has 2 unspecified atom stereocenters. The molecule has 0 heterocycles. The third kappa shape index (κ3) is 10.5. The van der Waals surface area contributed by atoms with E-state index in [2.05, 4.69) is 13.5 Å². The molecule has 0 aliphatic heterocycles. The number of ether oxygens (including phenoxy) is 2. The van der Waals surface area contributed by atoms with Gasteiger partial charge in [0.05, 0.1) is 0 Å². The fourth-order valence-electron chi connectivity index (χ4n) is 1.57. The van der Waals surface area contributed by atoms with Crippen molar-refractivity contribution in [1.82, 2.24) is 0 Å². The first-order valence-corrected chi connectivity index (χ1v) is 9.15. The molecular weight excluding hydrogens is 331 g/mol. The molecule has 0 saturated heterocycles. The molecule has 0 aromatic carbocycles. The summed E-state index contributed by atoms with van der Waals surface area (Å²) in [5.41, 5.74) is -0.871. The standard InChI is InChI=1S/C15H28O6S.Na.H/c1-6-9-10-11-19-14(8-3)22(17,18)21-13(7-2)20-15(16)12(4)5;;/h13-14H,4,6-11H2,1-3,5H3;;. The van der Waals surface area contributed by atoms with Gasteiger partial charge in [-0.3, -0.25) is 0 Å². The molecule has 23 heavy (non-hydrogen) atoms. The Morgan fingerprint density at radius 1 is 1.13 bits per heavy atom. The second kappa shape index (κ2) is 13.4. The molecule has 0 fully saturated rings. The SMILES string of the molecule is C=C(C)C(=O)OC(CC)OS(=O)(=O)C(CC)OCCCCC.[NaH]. The first-order valence-electron chi connectivity index (χ1n) is 7.68. The van der Waals surface area contributed by atoms with Crippen molar-refractivity contribution in [2.75, 3.05) is 6.61 Å². The van der Waals surface area contributed by atoms with Crippen molar-refractivity contribution in [3.05, 3.63) is 12.2 Å². The number of carbonyl (C=O) groups is 1. The van der Waals surface area contributed by atoms with Crippen molar-refractivity contribution in [2.24, 2.45) is 0 Å². The van der Waals surface area contributed by atoms with Gasteiger partial charge in [0.2, 0.25) is 6.29 Å². The normalized spacial score (nSPS) is 13.7. The summed E-state index contributed by atoms with van der Waals surface area (Å²) in [6.45, 7) is 10.7. The molecule has 0 N–H and O–H groups in total. The molecule has 0 spiro atoms. The van der Waals surface area contributed by atoms with E-state index in [0.29, 0.717) is 6.61 Å². The van der Waals surface area contributed by atoms with E-state index in [9.17, 15) is 13.2 Å². The van der Waals surface area contributed by atoms with E-state index in [0.717, 1.165) is 19.3 Å². The van der Waals surface area contributed by atoms with Gasteiger partial charge < -0.3 is 9.47 Å². The van der Waals surface area contributed by atoms with Crippen LogP contribution < -0.4 is 0 Å². The zero-order valence-corrected chi connectivity index (χ0v) is 14.8. The third-order valence-electron chi connectivity index (χ3n) is 2.87. The van der Waals surface area contributed by atoms with Gasteiger partial charge in [-0.05, 0) is 19.8 Å². The molecule has 132 valence electrons. The van der Waals surface area contributed by atoms with Crippen molar-refractivity contribution in [3.63, 3.8) is 0 Å². The van der Waals surface area contributed by atoms with Crippen LogP contribution in [0.3, 0.4) is 0 Å². The number of carbonyl (C=O) groups excluding carboxylic acids is 1. The van der Waals surface area contributed by atoms with Crippen LogP contribution in [0.15, 0.2) is 12.2 Å². The Bertz CT molecular complexity index is 449. The maximum absolute atomic E-state index is 12.2. The van der Waals surface area contributed by atoms with Crippen LogP contribution in [-0.4, -0.2) is 62.3 Å². The molecule has 0 aliphatic rings. The van der Waals surface area contributed by atoms with Crippen LogP contribution >= 0.6 is 0 Å². The predicted molar refractivity (Wildman–Crippen MR) is 91.7 cm³/mol. The summed E-state index contributed by atoms with van der Waals surface area (Å²) in [6.07, 6.45) is 2.11. The molecule has 0 bridgehead atoms. The van der Waals surface area contributed by atoms with Crippen molar-refractivity contribution >= 4 is 45.6 Å². The van der Waals surface area contributed by atoms with E-state index in [1.165, 1.54) is 6.92 Å². The summed E-state index contributed by atoms with van der Waals surface area (Å²) >= 11 is 0. The first kappa shape index (κ1) is 25.3. The summed E-state index contributed by atoms with van der Waals surface area (Å²) in [7, 11) is -3.97. The van der Waals surface area contributed by atoms with Gasteiger partial charge in [-0.2, -0.15) is 8.42 Å². The summed E-state index contributed by atoms with van der Waals surface area (Å²) < 4.78 is 39.7. The second-order valence-electron chi connectivity index (χ2n) is 5.03. The van der Waals surface area contributed by atoms with E-state index in [4.69, 9.17) is 13.7 Å². The molecule has 8 heteroatoms. The maximum atomic E-state index is 12.2. The summed E-state index contributed by atoms with van der Waals surface area (Å²) in [4.78, 5) is 11.5. The number of esters is 1. The van der Waals surface area contributed by atoms with E-state index < -0.39 is 27.8 Å². The molecule has 0 radical (unpaired) electrons. The van der Waals surface area contributed by atoms with Gasteiger partial charge in [-0.1, -0.05) is 40.2 Å². The summed E-state index contributed by atoms with van der Waals surface area (Å²) in [5.74, 6) is -0.682. The van der Waals surface area contributed by atoms with Crippen LogP contribution in [0.4, 0.5) is 0 Å². The van der Waals surface area contributed by atoms with Crippen molar-refractivity contribution < 1.29 is 26.9 Å². The third-order valence-corrected chi connectivity index (χ3v) is 4.46. The van der Waals surface area contributed by atoms with Crippen molar-refractivity contribution in [1.29, 1.82) is 0 Å². The Balaban J connectivity index is 0. The molecule has 0 aliphatic carbocycles. The average molecular weight is 360 g/mol. The molecule has 0 amide bonds. The number of hydrogen-bond donors (Lipinski definition) is 0. The fourth-order valence-corrected chi connectivity index (χ4v) is 2.84. The van der Waals surface area contributed by atoms with E-state index in [1.54, 1.807) is 13.8 Å². The summed E-state index contributed by atoms with van der Waals surface area (Å²) in [5, 5.41) is 0. The van der Waals surface area contributed by atoms with Crippen LogP contribution in [0.1, 0.15) is 59.8 Å². The first-order chi connectivity index (χ1) is 10.3. The topological polar surface area (TPSA) is 78.9 Å².